The number of methoxy groups -OCH3 is 1. The zero-order valence-electron chi connectivity index (χ0n) is 20.3. The smallest absolute Gasteiger partial charge is 0.220 e. The molecule has 1 unspecified atom stereocenters. The zero-order valence-corrected chi connectivity index (χ0v) is 21.9. The van der Waals surface area contributed by atoms with E-state index in [4.69, 9.17) is 4.74 Å². The summed E-state index contributed by atoms with van der Waals surface area (Å²) in [4.78, 5) is 4.86. The maximum absolute atomic E-state index is 13.5. The van der Waals surface area contributed by atoms with Gasteiger partial charge in [-0.2, -0.15) is 4.31 Å². The van der Waals surface area contributed by atoms with Gasteiger partial charge < -0.3 is 9.64 Å². The van der Waals surface area contributed by atoms with Gasteiger partial charge in [0.15, 0.2) is 0 Å². The maximum atomic E-state index is 13.5. The molecule has 7 heteroatoms. The van der Waals surface area contributed by atoms with Crippen molar-refractivity contribution in [3.63, 3.8) is 0 Å². The summed E-state index contributed by atoms with van der Waals surface area (Å²) in [5.41, 5.74) is 4.59. The average Bonchev–Trinajstić information content (AvgIpc) is 2.90. The molecule has 0 radical (unpaired) electrons. The number of hydrogen-bond donors (Lipinski definition) is 0. The number of para-hydroxylation sites is 1. The molecular weight excluding hydrogens is 476 g/mol. The summed E-state index contributed by atoms with van der Waals surface area (Å²) in [6, 6.07) is 22.7. The minimum Gasteiger partial charge on any atom is -0.496 e. The molecule has 0 amide bonds. The Morgan fingerprint density at radius 2 is 1.63 bits per heavy atom. The lowest BCUT2D eigenvalue weighted by atomic mass is 10.0. The fourth-order valence-electron chi connectivity index (χ4n) is 4.95. The summed E-state index contributed by atoms with van der Waals surface area (Å²) < 4.78 is 34.2. The van der Waals surface area contributed by atoms with Crippen molar-refractivity contribution in [3.05, 3.63) is 89.0 Å². The van der Waals surface area contributed by atoms with Gasteiger partial charge in [0.25, 0.3) is 0 Å². The van der Waals surface area contributed by atoms with Crippen LogP contribution in [0.2, 0.25) is 0 Å². The van der Waals surface area contributed by atoms with Crippen molar-refractivity contribution < 1.29 is 13.2 Å². The van der Waals surface area contributed by atoms with Gasteiger partial charge in [0.2, 0.25) is 10.0 Å². The lowest BCUT2D eigenvalue weighted by Crippen LogP contribution is -2.49. The van der Waals surface area contributed by atoms with Crippen LogP contribution in [0.4, 0.5) is 0 Å². The van der Waals surface area contributed by atoms with E-state index < -0.39 is 15.3 Å². The third-order valence-corrected chi connectivity index (χ3v) is 10.6. The topological polar surface area (TPSA) is 49.9 Å². The van der Waals surface area contributed by atoms with Crippen molar-refractivity contribution >= 4 is 21.8 Å². The molecule has 0 bridgehead atoms. The molecule has 1 fully saturated rings. The van der Waals surface area contributed by atoms with Crippen molar-refractivity contribution in [1.82, 2.24) is 9.21 Å². The van der Waals surface area contributed by atoms with E-state index in [9.17, 15) is 8.42 Å². The first kappa shape index (κ1) is 24.4. The van der Waals surface area contributed by atoms with Crippen molar-refractivity contribution in [2.24, 2.45) is 0 Å². The highest BCUT2D eigenvalue weighted by atomic mass is 32.2. The second kappa shape index (κ2) is 10.3. The fraction of sp³-hybridized carbons (Fsp3) is 0.357. The number of sulfonamides is 1. The Bertz CT molecular complexity index is 1300. The first-order valence-electron chi connectivity index (χ1n) is 12.2. The highest BCUT2D eigenvalue weighted by Gasteiger charge is 2.33. The summed E-state index contributed by atoms with van der Waals surface area (Å²) in [5, 5.41) is -0.560. The quantitative estimate of drug-likeness (QED) is 0.352. The SMILES string of the molecule is COc1ccccc1CCN1CCN(S(=O)(=O)C(C)c2ccc3c(c2)Cc2ccccc2S3)CC1. The van der Waals surface area contributed by atoms with Gasteiger partial charge in [-0.15, -0.1) is 0 Å². The Morgan fingerprint density at radius 1 is 0.914 bits per heavy atom. The molecule has 3 aromatic carbocycles. The molecule has 184 valence electrons. The number of benzene rings is 3. The van der Waals surface area contributed by atoms with Gasteiger partial charge >= 0.3 is 0 Å². The van der Waals surface area contributed by atoms with Gasteiger partial charge in [0.05, 0.1) is 12.4 Å². The lowest BCUT2D eigenvalue weighted by molar-refractivity contribution is 0.189. The van der Waals surface area contributed by atoms with Gasteiger partial charge in [0, 0.05) is 42.5 Å². The molecule has 3 aromatic rings. The standard InChI is InChI=1S/C28H32N2O3S2/c1-21(23-11-12-28-25(19-23)20-24-8-4-6-10-27(24)34-28)35(31,32)30-17-15-29(16-18-30)14-13-22-7-3-5-9-26(22)33-2/h3-12,19,21H,13-18,20H2,1-2H3. The largest absolute Gasteiger partial charge is 0.496 e. The maximum Gasteiger partial charge on any atom is 0.220 e. The molecule has 0 spiro atoms. The minimum atomic E-state index is -3.42. The predicted octanol–water partition coefficient (Wildman–Crippen LogP) is 5.00. The van der Waals surface area contributed by atoms with Crippen LogP contribution in [0.25, 0.3) is 0 Å². The molecule has 2 heterocycles. The van der Waals surface area contributed by atoms with E-state index >= 15 is 0 Å². The molecule has 0 N–H and O–H groups in total. The second-order valence-corrected chi connectivity index (χ2v) is 12.6. The highest BCUT2D eigenvalue weighted by molar-refractivity contribution is 7.99. The Morgan fingerprint density at radius 3 is 2.43 bits per heavy atom. The highest BCUT2D eigenvalue weighted by Crippen LogP contribution is 2.41. The number of nitrogens with zero attached hydrogens (tertiary/aromatic N) is 2. The summed E-state index contributed by atoms with van der Waals surface area (Å²) >= 11 is 1.77. The van der Waals surface area contributed by atoms with Crippen LogP contribution < -0.4 is 4.74 Å². The van der Waals surface area contributed by atoms with E-state index in [-0.39, 0.29) is 0 Å². The molecule has 5 nitrogen and oxygen atoms in total. The van der Waals surface area contributed by atoms with Crippen LogP contribution in [0, 0.1) is 0 Å². The summed E-state index contributed by atoms with van der Waals surface area (Å²) in [5.74, 6) is 0.912. The number of hydrogen-bond acceptors (Lipinski definition) is 5. The van der Waals surface area contributed by atoms with Crippen molar-refractivity contribution in [2.45, 2.75) is 34.8 Å². The number of piperazine rings is 1. The third kappa shape index (κ3) is 5.14. The van der Waals surface area contributed by atoms with Crippen molar-refractivity contribution in [1.29, 1.82) is 0 Å². The zero-order chi connectivity index (χ0) is 24.4. The lowest BCUT2D eigenvalue weighted by Gasteiger charge is -2.35. The van der Waals surface area contributed by atoms with E-state index in [1.807, 2.05) is 31.2 Å². The number of rotatable bonds is 7. The molecule has 1 saturated heterocycles. The van der Waals surface area contributed by atoms with Gasteiger partial charge in [0.1, 0.15) is 5.75 Å². The first-order valence-corrected chi connectivity index (χ1v) is 14.5. The van der Waals surface area contributed by atoms with Gasteiger partial charge in [-0.05, 0) is 60.2 Å². The van der Waals surface area contributed by atoms with Gasteiger partial charge in [-0.3, -0.25) is 0 Å². The van der Waals surface area contributed by atoms with Crippen LogP contribution in [0.5, 0.6) is 5.75 Å². The van der Waals surface area contributed by atoms with E-state index in [1.54, 1.807) is 23.2 Å². The van der Waals surface area contributed by atoms with Crippen LogP contribution in [0.3, 0.4) is 0 Å². The molecular formula is C28H32N2O3S2. The number of fused-ring (bicyclic) bond motifs is 2. The second-order valence-electron chi connectivity index (χ2n) is 9.24. The molecule has 2 aliphatic heterocycles. The van der Waals surface area contributed by atoms with E-state index in [2.05, 4.69) is 47.4 Å². The van der Waals surface area contributed by atoms with Gasteiger partial charge in [-0.1, -0.05) is 60.3 Å². The predicted molar refractivity (Wildman–Crippen MR) is 142 cm³/mol. The summed E-state index contributed by atoms with van der Waals surface area (Å²) in [6.07, 6.45) is 1.74. The van der Waals surface area contributed by atoms with Crippen LogP contribution in [0.1, 0.15) is 34.4 Å². The summed E-state index contributed by atoms with van der Waals surface area (Å²) in [7, 11) is -1.73. The fourth-order valence-corrected chi connectivity index (χ4v) is 7.62. The van der Waals surface area contributed by atoms with E-state index in [1.165, 1.54) is 26.5 Å². The molecule has 0 aliphatic carbocycles. The minimum absolute atomic E-state index is 0.534. The van der Waals surface area contributed by atoms with Crippen molar-refractivity contribution in [3.8, 4) is 5.75 Å². The van der Waals surface area contributed by atoms with Crippen LogP contribution in [-0.4, -0.2) is 57.5 Å². The van der Waals surface area contributed by atoms with E-state index in [0.717, 1.165) is 43.8 Å². The molecule has 0 aromatic heterocycles. The first-order chi connectivity index (χ1) is 17.0. The monoisotopic (exact) mass is 508 g/mol. The van der Waals surface area contributed by atoms with Crippen LogP contribution in [0.15, 0.2) is 76.5 Å². The molecule has 0 saturated carbocycles. The van der Waals surface area contributed by atoms with E-state index in [0.29, 0.717) is 13.1 Å². The number of ether oxygens (including phenoxy) is 1. The Balaban J connectivity index is 1.21. The average molecular weight is 509 g/mol. The Hall–Kier alpha value is -2.32. The summed E-state index contributed by atoms with van der Waals surface area (Å²) in [6.45, 7) is 5.29. The third-order valence-electron chi connectivity index (χ3n) is 7.16. The molecule has 1 atom stereocenters. The van der Waals surface area contributed by atoms with Gasteiger partial charge in [-0.25, -0.2) is 8.42 Å². The molecule has 2 aliphatic rings. The Labute approximate surface area is 213 Å². The molecule has 35 heavy (non-hydrogen) atoms. The normalized spacial score (nSPS) is 17.4. The van der Waals surface area contributed by atoms with Crippen LogP contribution in [-0.2, 0) is 22.9 Å². The van der Waals surface area contributed by atoms with Crippen LogP contribution >= 0.6 is 11.8 Å². The van der Waals surface area contributed by atoms with Crippen molar-refractivity contribution in [2.75, 3.05) is 39.8 Å². The Kier molecular flexibility index (Phi) is 7.21. The molecule has 5 rings (SSSR count).